The zero-order valence-corrected chi connectivity index (χ0v) is 28.2. The van der Waals surface area contributed by atoms with Gasteiger partial charge in [0.1, 0.15) is 18.4 Å². The minimum absolute atomic E-state index is 0.000221. The van der Waals surface area contributed by atoms with Gasteiger partial charge in [0.25, 0.3) is 10.0 Å². The maximum atomic E-state index is 14.5. The van der Waals surface area contributed by atoms with Gasteiger partial charge in [-0.2, -0.15) is 0 Å². The number of anilines is 1. The number of amides is 2. The zero-order chi connectivity index (χ0) is 32.8. The zero-order valence-electron chi connectivity index (χ0n) is 25.1. The Morgan fingerprint density at radius 3 is 2.11 bits per heavy atom. The summed E-state index contributed by atoms with van der Waals surface area (Å²) in [7, 11) is -4.33. The van der Waals surface area contributed by atoms with E-state index in [1.165, 1.54) is 23.1 Å². The van der Waals surface area contributed by atoms with Gasteiger partial charge in [0.2, 0.25) is 11.8 Å². The number of hydrogen-bond donors (Lipinski definition) is 1. The Hall–Kier alpha value is -3.73. The average molecular weight is 715 g/mol. The summed E-state index contributed by atoms with van der Waals surface area (Å²) in [6.45, 7) is 4.87. The Morgan fingerprint density at radius 2 is 1.51 bits per heavy atom. The maximum absolute atomic E-state index is 14.5. The van der Waals surface area contributed by atoms with E-state index in [2.05, 4.69) is 21.2 Å². The Morgan fingerprint density at radius 1 is 0.889 bits per heavy atom. The lowest BCUT2D eigenvalue weighted by Gasteiger charge is -2.35. The Balaban J connectivity index is 1.83. The number of nitrogens with zero attached hydrogens (tertiary/aromatic N) is 2. The molecule has 0 spiro atoms. The highest BCUT2D eigenvalue weighted by Gasteiger charge is 2.35. The molecule has 4 aromatic carbocycles. The van der Waals surface area contributed by atoms with Crippen LogP contribution in [0.2, 0.25) is 5.02 Å². The standard InChI is InChI=1S/C34H34BrClFN3O4S/c1-34(2,3)38-33(42)31(20-24-11-6-4-7-12-24)39(22-25-13-10-14-26(35)19-25)32(41)23-40(27-17-18-30(37)29(36)21-27)45(43,44)28-15-8-5-9-16-28/h4-19,21,31H,20,22-23H2,1-3H3,(H,38,42). The van der Waals surface area contributed by atoms with Gasteiger partial charge in [0, 0.05) is 23.0 Å². The van der Waals surface area contributed by atoms with Crippen LogP contribution in [0.1, 0.15) is 31.9 Å². The average Bonchev–Trinajstić information content (AvgIpc) is 2.99. The molecule has 0 fully saturated rings. The van der Waals surface area contributed by atoms with E-state index in [9.17, 15) is 22.4 Å². The van der Waals surface area contributed by atoms with E-state index in [4.69, 9.17) is 11.6 Å². The summed E-state index contributed by atoms with van der Waals surface area (Å²) >= 11 is 9.54. The molecule has 0 aliphatic rings. The summed E-state index contributed by atoms with van der Waals surface area (Å²) < 4.78 is 43.8. The number of benzene rings is 4. The quantitative estimate of drug-likeness (QED) is 0.182. The molecule has 0 bridgehead atoms. The molecule has 236 valence electrons. The first-order chi connectivity index (χ1) is 21.2. The third-order valence-corrected chi connectivity index (χ3v) is 9.38. The van der Waals surface area contributed by atoms with Crippen molar-refractivity contribution < 1.29 is 22.4 Å². The molecule has 1 N–H and O–H groups in total. The number of halogens is 3. The molecular weight excluding hydrogens is 681 g/mol. The number of rotatable bonds is 11. The maximum Gasteiger partial charge on any atom is 0.264 e. The molecule has 2 amide bonds. The normalized spacial score (nSPS) is 12.3. The third-order valence-electron chi connectivity index (χ3n) is 6.81. The summed E-state index contributed by atoms with van der Waals surface area (Å²) in [4.78, 5) is 29.7. The van der Waals surface area contributed by atoms with E-state index in [1.54, 1.807) is 18.2 Å². The van der Waals surface area contributed by atoms with Crippen molar-refractivity contribution in [2.75, 3.05) is 10.8 Å². The summed E-state index contributed by atoms with van der Waals surface area (Å²) in [5.74, 6) is -1.77. The first kappa shape index (κ1) is 34.1. The minimum atomic E-state index is -4.33. The van der Waals surface area contributed by atoms with Crippen LogP contribution in [-0.2, 0) is 32.6 Å². The molecule has 7 nitrogen and oxygen atoms in total. The molecule has 4 aromatic rings. The summed E-state index contributed by atoms with van der Waals surface area (Å²) in [6.07, 6.45) is 0.177. The van der Waals surface area contributed by atoms with Crippen LogP contribution in [0.15, 0.2) is 112 Å². The molecular formula is C34H34BrClFN3O4S. The second-order valence-corrected chi connectivity index (χ2v) is 14.7. The van der Waals surface area contributed by atoms with Gasteiger partial charge >= 0.3 is 0 Å². The van der Waals surface area contributed by atoms with Crippen molar-refractivity contribution in [1.29, 1.82) is 0 Å². The van der Waals surface area contributed by atoms with E-state index >= 15 is 0 Å². The lowest BCUT2D eigenvalue weighted by Crippen LogP contribution is -2.56. The molecule has 0 aliphatic carbocycles. The Bertz CT molecular complexity index is 1750. The van der Waals surface area contributed by atoms with Crippen molar-refractivity contribution in [2.24, 2.45) is 0 Å². The largest absolute Gasteiger partial charge is 0.350 e. The second kappa shape index (κ2) is 14.6. The van der Waals surface area contributed by atoms with E-state index in [-0.39, 0.29) is 28.6 Å². The SMILES string of the molecule is CC(C)(C)NC(=O)C(Cc1ccccc1)N(Cc1cccc(Br)c1)C(=O)CN(c1ccc(F)c(Cl)c1)S(=O)(=O)c1ccccc1. The molecule has 0 aromatic heterocycles. The molecule has 1 unspecified atom stereocenters. The van der Waals surface area contributed by atoms with Crippen molar-refractivity contribution in [3.05, 3.63) is 130 Å². The van der Waals surface area contributed by atoms with E-state index in [1.807, 2.05) is 75.4 Å². The minimum Gasteiger partial charge on any atom is -0.350 e. The van der Waals surface area contributed by atoms with Crippen molar-refractivity contribution in [3.8, 4) is 0 Å². The van der Waals surface area contributed by atoms with Gasteiger partial charge in [-0.15, -0.1) is 0 Å². The first-order valence-electron chi connectivity index (χ1n) is 14.2. The predicted molar refractivity (Wildman–Crippen MR) is 179 cm³/mol. The fourth-order valence-electron chi connectivity index (χ4n) is 4.73. The van der Waals surface area contributed by atoms with Crippen LogP contribution in [0.4, 0.5) is 10.1 Å². The van der Waals surface area contributed by atoms with Crippen molar-refractivity contribution in [2.45, 2.75) is 50.2 Å². The number of sulfonamides is 1. The number of hydrogen-bond acceptors (Lipinski definition) is 4. The van der Waals surface area contributed by atoms with E-state index in [0.717, 1.165) is 32.0 Å². The molecule has 1 atom stereocenters. The van der Waals surface area contributed by atoms with Crippen LogP contribution in [-0.4, -0.2) is 43.3 Å². The summed E-state index contributed by atoms with van der Waals surface area (Å²) in [6, 6.07) is 26.7. The van der Waals surface area contributed by atoms with Gasteiger partial charge in [-0.3, -0.25) is 13.9 Å². The van der Waals surface area contributed by atoms with Crippen LogP contribution in [0.5, 0.6) is 0 Å². The lowest BCUT2D eigenvalue weighted by atomic mass is 10.0. The smallest absolute Gasteiger partial charge is 0.264 e. The highest BCUT2D eigenvalue weighted by molar-refractivity contribution is 9.10. The molecule has 45 heavy (non-hydrogen) atoms. The van der Waals surface area contributed by atoms with Gasteiger partial charge in [-0.25, -0.2) is 12.8 Å². The fraction of sp³-hybridized carbons (Fsp3) is 0.235. The molecule has 0 saturated heterocycles. The molecule has 0 heterocycles. The fourth-order valence-corrected chi connectivity index (χ4v) is 6.78. The highest BCUT2D eigenvalue weighted by atomic mass is 79.9. The lowest BCUT2D eigenvalue weighted by molar-refractivity contribution is -0.140. The molecule has 11 heteroatoms. The van der Waals surface area contributed by atoms with Crippen LogP contribution in [0.3, 0.4) is 0 Å². The van der Waals surface area contributed by atoms with Gasteiger partial charge in [0.15, 0.2) is 0 Å². The van der Waals surface area contributed by atoms with Crippen LogP contribution >= 0.6 is 27.5 Å². The van der Waals surface area contributed by atoms with Crippen molar-refractivity contribution >= 4 is 55.1 Å². The first-order valence-corrected chi connectivity index (χ1v) is 16.8. The number of carbonyl (C=O) groups is 2. The number of carbonyl (C=O) groups excluding carboxylic acids is 2. The predicted octanol–water partition coefficient (Wildman–Crippen LogP) is 6.99. The van der Waals surface area contributed by atoms with Crippen molar-refractivity contribution in [1.82, 2.24) is 10.2 Å². The summed E-state index contributed by atoms with van der Waals surface area (Å²) in [5, 5.41) is 2.69. The van der Waals surface area contributed by atoms with Crippen molar-refractivity contribution in [3.63, 3.8) is 0 Å². The molecule has 0 aliphatic heterocycles. The van der Waals surface area contributed by atoms with Gasteiger partial charge in [-0.05, 0) is 74.4 Å². The van der Waals surface area contributed by atoms with E-state index in [0.29, 0.717) is 0 Å². The van der Waals surface area contributed by atoms with Crippen LogP contribution in [0, 0.1) is 5.82 Å². The Labute approximate surface area is 277 Å². The molecule has 0 saturated carbocycles. The summed E-state index contributed by atoms with van der Waals surface area (Å²) in [5.41, 5.74) is 0.934. The molecule has 4 rings (SSSR count). The van der Waals surface area contributed by atoms with Gasteiger partial charge in [0.05, 0.1) is 15.6 Å². The second-order valence-electron chi connectivity index (χ2n) is 11.5. The topological polar surface area (TPSA) is 86.8 Å². The highest BCUT2D eigenvalue weighted by Crippen LogP contribution is 2.29. The Kier molecular flexibility index (Phi) is 11.1. The monoisotopic (exact) mass is 713 g/mol. The van der Waals surface area contributed by atoms with Crippen LogP contribution < -0.4 is 9.62 Å². The number of nitrogens with one attached hydrogen (secondary N) is 1. The molecule has 0 radical (unpaired) electrons. The van der Waals surface area contributed by atoms with Gasteiger partial charge < -0.3 is 10.2 Å². The van der Waals surface area contributed by atoms with Gasteiger partial charge in [-0.1, -0.05) is 88.2 Å². The third kappa shape index (κ3) is 9.15. The van der Waals surface area contributed by atoms with Crippen LogP contribution in [0.25, 0.3) is 0 Å². The van der Waals surface area contributed by atoms with E-state index < -0.39 is 45.8 Å².